The second-order valence-corrected chi connectivity index (χ2v) is 12.5. The van der Waals surface area contributed by atoms with Gasteiger partial charge in [-0.3, -0.25) is 4.99 Å². The molecule has 0 saturated carbocycles. The third kappa shape index (κ3) is 11.0. The van der Waals surface area contributed by atoms with E-state index in [1.54, 1.807) is 0 Å². The van der Waals surface area contributed by atoms with E-state index >= 15 is 0 Å². The van der Waals surface area contributed by atoms with Gasteiger partial charge < -0.3 is 9.73 Å². The molecule has 2 aromatic rings. The van der Waals surface area contributed by atoms with E-state index in [0.717, 1.165) is 64.9 Å². The van der Waals surface area contributed by atoms with Crippen LogP contribution in [0.2, 0.25) is 0 Å². The van der Waals surface area contributed by atoms with Crippen molar-refractivity contribution in [2.24, 2.45) is 4.99 Å². The van der Waals surface area contributed by atoms with Crippen molar-refractivity contribution >= 4 is 27.6 Å². The van der Waals surface area contributed by atoms with E-state index in [-0.39, 0.29) is 0 Å². The predicted octanol–water partition coefficient (Wildman–Crippen LogP) is 11.9. The zero-order valence-electron chi connectivity index (χ0n) is 27.3. The van der Waals surface area contributed by atoms with E-state index in [4.69, 9.17) is 14.4 Å². The number of aromatic nitrogens is 1. The number of nitrogens with zero attached hydrogens (tertiary/aromatic N) is 2. The average Bonchev–Trinajstić information content (AvgIpc) is 3.03. The minimum Gasteiger partial charge on any atom is -0.453 e. The van der Waals surface area contributed by atoms with Crippen LogP contribution in [0.4, 0.5) is 5.69 Å². The summed E-state index contributed by atoms with van der Waals surface area (Å²) in [5, 5.41) is 6.84. The average molecular weight is 584 g/mol. The van der Waals surface area contributed by atoms with Gasteiger partial charge in [-0.25, -0.2) is 4.98 Å². The van der Waals surface area contributed by atoms with Crippen molar-refractivity contribution in [2.75, 3.05) is 18.4 Å². The lowest BCUT2D eigenvalue weighted by Gasteiger charge is -2.13. The van der Waals surface area contributed by atoms with Crippen LogP contribution in [0.15, 0.2) is 57.9 Å². The van der Waals surface area contributed by atoms with Gasteiger partial charge in [-0.05, 0) is 25.0 Å². The minimum absolute atomic E-state index is 0.795. The zero-order valence-corrected chi connectivity index (χ0v) is 27.3. The highest BCUT2D eigenvalue weighted by atomic mass is 16.3. The minimum atomic E-state index is 0.795. The summed E-state index contributed by atoms with van der Waals surface area (Å²) in [4.78, 5) is 9.85. The van der Waals surface area contributed by atoms with Gasteiger partial charge >= 0.3 is 0 Å². The lowest BCUT2D eigenvalue weighted by Crippen LogP contribution is -2.05. The van der Waals surface area contributed by atoms with Crippen molar-refractivity contribution in [3.05, 3.63) is 53.9 Å². The Kier molecular flexibility index (Phi) is 14.9. The topological polar surface area (TPSA) is 50.4 Å². The van der Waals surface area contributed by atoms with Crippen LogP contribution in [-0.2, 0) is 0 Å². The van der Waals surface area contributed by atoms with Gasteiger partial charge in [0.2, 0.25) is 0 Å². The molecule has 1 N–H and O–H groups in total. The van der Waals surface area contributed by atoms with Crippen LogP contribution in [0.25, 0.3) is 33.3 Å². The predicted molar refractivity (Wildman–Crippen MR) is 186 cm³/mol. The molecule has 4 rings (SSSR count). The molecular weight excluding hydrogens is 526 g/mol. The van der Waals surface area contributed by atoms with Gasteiger partial charge in [-0.1, -0.05) is 147 Å². The molecule has 2 aromatic carbocycles. The molecule has 0 aromatic heterocycles. The quantitative estimate of drug-likeness (QED) is 0.0568. The lowest BCUT2D eigenvalue weighted by atomic mass is 10.0. The molecule has 4 heteroatoms. The fourth-order valence-corrected chi connectivity index (χ4v) is 6.17. The van der Waals surface area contributed by atoms with Gasteiger partial charge in [0.05, 0.1) is 5.36 Å². The van der Waals surface area contributed by atoms with Crippen molar-refractivity contribution in [3.8, 4) is 11.5 Å². The number of hydrogen-bond acceptors (Lipinski definition) is 4. The van der Waals surface area contributed by atoms with Gasteiger partial charge in [-0.2, -0.15) is 0 Å². The third-order valence-electron chi connectivity index (χ3n) is 8.75. The Morgan fingerprint density at radius 2 is 1.21 bits per heavy atom. The summed E-state index contributed by atoms with van der Waals surface area (Å²) in [6.07, 6.45) is 26.3. The third-order valence-corrected chi connectivity index (χ3v) is 8.75. The van der Waals surface area contributed by atoms with E-state index in [0.29, 0.717) is 0 Å². The largest absolute Gasteiger partial charge is 0.453 e. The van der Waals surface area contributed by atoms with Gasteiger partial charge in [0.25, 0.3) is 0 Å². The maximum absolute atomic E-state index is 6.40. The second-order valence-electron chi connectivity index (χ2n) is 12.5. The molecule has 0 bridgehead atoms. The molecule has 234 valence electrons. The fraction of sp³-hybridized carbons (Fsp3) is 0.590. The molecule has 0 fully saturated rings. The van der Waals surface area contributed by atoms with Crippen molar-refractivity contribution in [3.63, 3.8) is 0 Å². The first-order chi connectivity index (χ1) is 21.3. The molecule has 0 radical (unpaired) electrons. The lowest BCUT2D eigenvalue weighted by molar-refractivity contribution is 0.525. The Morgan fingerprint density at radius 1 is 0.628 bits per heavy atom. The van der Waals surface area contributed by atoms with Crippen LogP contribution in [0.5, 0.6) is 0 Å². The summed E-state index contributed by atoms with van der Waals surface area (Å²) in [6, 6.07) is 16.7. The first-order valence-electron chi connectivity index (χ1n) is 17.8. The Balaban J connectivity index is 1.12. The Labute approximate surface area is 261 Å². The molecule has 0 saturated heterocycles. The van der Waals surface area contributed by atoms with Crippen molar-refractivity contribution in [2.45, 2.75) is 136 Å². The van der Waals surface area contributed by atoms with Crippen molar-refractivity contribution < 1.29 is 4.42 Å². The number of fused-ring (bicyclic) bond motifs is 4. The zero-order chi connectivity index (χ0) is 30.0. The summed E-state index contributed by atoms with van der Waals surface area (Å²) < 4.78 is 6.40. The van der Waals surface area contributed by atoms with Crippen molar-refractivity contribution in [1.29, 1.82) is 0 Å². The molecule has 1 aliphatic carbocycles. The summed E-state index contributed by atoms with van der Waals surface area (Å²) >= 11 is 0. The second kappa shape index (κ2) is 19.4. The van der Waals surface area contributed by atoms with Gasteiger partial charge in [0.1, 0.15) is 11.2 Å². The molecule has 4 nitrogen and oxygen atoms in total. The van der Waals surface area contributed by atoms with Gasteiger partial charge in [0, 0.05) is 41.7 Å². The summed E-state index contributed by atoms with van der Waals surface area (Å²) in [7, 11) is 0. The highest BCUT2D eigenvalue weighted by Crippen LogP contribution is 2.34. The van der Waals surface area contributed by atoms with Crippen LogP contribution >= 0.6 is 0 Å². The van der Waals surface area contributed by atoms with E-state index < -0.39 is 0 Å². The smallest absolute Gasteiger partial charge is 0.155 e. The standard InChI is InChI=1S/C39H57N3O/c1-3-5-6-7-8-9-10-11-12-13-14-15-16-17-18-19-20-23-29-40-32-26-27-35-37(30-32)43-38-31-36(41-28-4-2)33-24-21-22-25-34(33)39(38)42-35/h21-22,24-27,30-31,41H,3-20,23,28-29H2,1-2H3. The molecule has 2 aliphatic rings. The van der Waals surface area contributed by atoms with Crippen LogP contribution in [0.3, 0.4) is 0 Å². The van der Waals surface area contributed by atoms with Gasteiger partial charge in [-0.15, -0.1) is 0 Å². The first-order valence-corrected chi connectivity index (χ1v) is 17.8. The van der Waals surface area contributed by atoms with Crippen LogP contribution in [0, 0.1) is 0 Å². The maximum atomic E-state index is 6.40. The molecular formula is C39H57N3O. The van der Waals surface area contributed by atoms with Crippen molar-refractivity contribution in [1.82, 2.24) is 4.98 Å². The number of hydrogen-bond donors (Lipinski definition) is 1. The molecule has 0 atom stereocenters. The van der Waals surface area contributed by atoms with E-state index in [9.17, 15) is 0 Å². The monoisotopic (exact) mass is 583 g/mol. The molecule has 1 aliphatic heterocycles. The molecule has 0 spiro atoms. The molecule has 0 amide bonds. The van der Waals surface area contributed by atoms with E-state index in [1.165, 1.54) is 115 Å². The highest BCUT2D eigenvalue weighted by Gasteiger charge is 2.13. The van der Waals surface area contributed by atoms with Crippen LogP contribution < -0.4 is 10.7 Å². The SMILES string of the molecule is CCCCCCCCCCCCCCCCCCCCN=c1ccc2nc3c(cc(NCCC)c4ccccc43)oc-2c1. The Morgan fingerprint density at radius 3 is 1.81 bits per heavy atom. The van der Waals surface area contributed by atoms with Gasteiger partial charge in [0.15, 0.2) is 11.3 Å². The Bertz CT molecular complexity index is 1370. The summed E-state index contributed by atoms with van der Waals surface area (Å²) in [5.74, 6) is 0.795. The number of unbranched alkanes of at least 4 members (excludes halogenated alkanes) is 17. The molecule has 43 heavy (non-hydrogen) atoms. The summed E-state index contributed by atoms with van der Waals surface area (Å²) in [5.41, 5.74) is 3.70. The number of nitrogens with one attached hydrogen (secondary N) is 1. The van der Waals surface area contributed by atoms with Crippen LogP contribution in [0.1, 0.15) is 136 Å². The molecule has 0 unspecified atom stereocenters. The Hall–Kier alpha value is -2.88. The van der Waals surface area contributed by atoms with E-state index in [1.807, 2.05) is 12.1 Å². The maximum Gasteiger partial charge on any atom is 0.155 e. The number of rotatable bonds is 22. The van der Waals surface area contributed by atoms with E-state index in [2.05, 4.69) is 55.6 Å². The summed E-state index contributed by atoms with van der Waals surface area (Å²) in [6.45, 7) is 6.28. The first kappa shape index (κ1) is 33.0. The number of anilines is 1. The number of benzene rings is 3. The highest BCUT2D eigenvalue weighted by molar-refractivity contribution is 6.10. The fourth-order valence-electron chi connectivity index (χ4n) is 6.17. The normalized spacial score (nSPS) is 12.2. The molecule has 1 heterocycles. The van der Waals surface area contributed by atoms with Crippen LogP contribution in [-0.4, -0.2) is 18.1 Å².